The molecule has 0 heterocycles. The van der Waals surface area contributed by atoms with Gasteiger partial charge in [-0.2, -0.15) is 8.42 Å². The Labute approximate surface area is 53.8 Å². The molecular weight excluding hydrogens is 142 g/mol. The minimum Gasteiger partial charge on any atom is -0.327 e. The third-order valence-electron chi connectivity index (χ3n) is 1.40. The largest absolute Gasteiger partial charge is 0.327 e. The van der Waals surface area contributed by atoms with E-state index in [2.05, 4.69) is 0 Å². The average molecular weight is 151 g/mol. The summed E-state index contributed by atoms with van der Waals surface area (Å²) in [5.74, 6) is -0.172. The van der Waals surface area contributed by atoms with E-state index in [9.17, 15) is 8.42 Å². The minimum atomic E-state index is -3.77. The summed E-state index contributed by atoms with van der Waals surface area (Å²) in [4.78, 5) is 0. The maximum Gasteiger partial charge on any atom is 0.265 e. The van der Waals surface area contributed by atoms with Crippen LogP contribution in [0.3, 0.4) is 0 Å². The van der Waals surface area contributed by atoms with E-state index in [1.807, 2.05) is 0 Å². The maximum atomic E-state index is 10.1. The fraction of sp³-hybridized carbons (Fsp3) is 1.00. The van der Waals surface area contributed by atoms with Crippen LogP contribution in [-0.2, 0) is 10.1 Å². The van der Waals surface area contributed by atoms with E-state index in [4.69, 9.17) is 10.3 Å². The summed E-state index contributed by atoms with van der Waals surface area (Å²) in [6.07, 6.45) is 0.722. The molecule has 4 nitrogen and oxygen atoms in total. The van der Waals surface area contributed by atoms with Gasteiger partial charge in [-0.3, -0.25) is 4.55 Å². The number of rotatable bonds is 2. The Morgan fingerprint density at radius 2 is 2.11 bits per heavy atom. The first-order valence-electron chi connectivity index (χ1n) is 2.70. The standard InChI is InChI=1S/C4H9NO3S/c5-4-1-3(4)2-9(6,7)8/h3-4H,1-2,5H2,(H,6,7,8)/t3-,4-/m1/s1. The van der Waals surface area contributed by atoms with Crippen LogP contribution in [0.5, 0.6) is 0 Å². The molecule has 1 aliphatic carbocycles. The normalized spacial score (nSPS) is 34.4. The molecule has 1 saturated carbocycles. The zero-order valence-corrected chi connectivity index (χ0v) is 5.63. The van der Waals surface area contributed by atoms with Crippen molar-refractivity contribution in [1.82, 2.24) is 0 Å². The summed E-state index contributed by atoms with van der Waals surface area (Å²) in [6.45, 7) is 0. The smallest absolute Gasteiger partial charge is 0.265 e. The topological polar surface area (TPSA) is 80.4 Å². The predicted octanol–water partition coefficient (Wildman–Crippen LogP) is -0.779. The van der Waals surface area contributed by atoms with Crippen LogP contribution in [-0.4, -0.2) is 24.8 Å². The van der Waals surface area contributed by atoms with Gasteiger partial charge in [0.05, 0.1) is 5.75 Å². The van der Waals surface area contributed by atoms with Crippen LogP contribution < -0.4 is 5.73 Å². The highest BCUT2D eigenvalue weighted by molar-refractivity contribution is 7.85. The lowest BCUT2D eigenvalue weighted by atomic mass is 10.5. The first-order chi connectivity index (χ1) is 3.99. The third kappa shape index (κ3) is 2.30. The minimum absolute atomic E-state index is 0.000000000000000222. The Morgan fingerprint density at radius 1 is 1.67 bits per heavy atom. The van der Waals surface area contributed by atoms with Gasteiger partial charge in [0.2, 0.25) is 0 Å². The highest BCUT2D eigenvalue weighted by atomic mass is 32.2. The van der Waals surface area contributed by atoms with Crippen molar-refractivity contribution < 1.29 is 13.0 Å². The number of hydrogen-bond acceptors (Lipinski definition) is 3. The summed E-state index contributed by atoms with van der Waals surface area (Å²) in [5, 5.41) is 0. The SMILES string of the molecule is N[C@@H]1C[C@@H]1CS(=O)(=O)O. The van der Waals surface area contributed by atoms with Gasteiger partial charge < -0.3 is 5.73 Å². The van der Waals surface area contributed by atoms with Gasteiger partial charge in [-0.05, 0) is 12.3 Å². The molecule has 9 heavy (non-hydrogen) atoms. The van der Waals surface area contributed by atoms with Gasteiger partial charge in [-0.15, -0.1) is 0 Å². The van der Waals surface area contributed by atoms with Gasteiger partial charge in [-0.25, -0.2) is 0 Å². The van der Waals surface area contributed by atoms with Crippen molar-refractivity contribution >= 4 is 10.1 Å². The highest BCUT2D eigenvalue weighted by Gasteiger charge is 2.36. The lowest BCUT2D eigenvalue weighted by molar-refractivity contribution is 0.479. The lowest BCUT2D eigenvalue weighted by Gasteiger charge is -1.90. The monoisotopic (exact) mass is 151 g/mol. The molecule has 3 N–H and O–H groups in total. The quantitative estimate of drug-likeness (QED) is 0.507. The van der Waals surface area contributed by atoms with E-state index in [1.54, 1.807) is 0 Å². The van der Waals surface area contributed by atoms with Crippen molar-refractivity contribution in [3.8, 4) is 0 Å². The van der Waals surface area contributed by atoms with E-state index in [-0.39, 0.29) is 17.7 Å². The average Bonchev–Trinajstić information content (AvgIpc) is 2.13. The molecule has 0 amide bonds. The Bertz CT molecular complexity index is 198. The van der Waals surface area contributed by atoms with E-state index >= 15 is 0 Å². The van der Waals surface area contributed by atoms with Crippen molar-refractivity contribution in [3.63, 3.8) is 0 Å². The summed E-state index contributed by atoms with van der Waals surface area (Å²) in [7, 11) is -3.77. The molecule has 0 radical (unpaired) electrons. The Morgan fingerprint density at radius 3 is 2.22 bits per heavy atom. The molecule has 5 heteroatoms. The van der Waals surface area contributed by atoms with Crippen LogP contribution in [0.4, 0.5) is 0 Å². The first-order valence-corrected chi connectivity index (χ1v) is 4.31. The molecule has 0 bridgehead atoms. The van der Waals surface area contributed by atoms with Gasteiger partial charge in [0.1, 0.15) is 0 Å². The Kier molecular flexibility index (Phi) is 1.50. The van der Waals surface area contributed by atoms with E-state index in [0.29, 0.717) is 0 Å². The fourth-order valence-electron chi connectivity index (χ4n) is 0.733. The van der Waals surface area contributed by atoms with E-state index < -0.39 is 10.1 Å². The zero-order valence-electron chi connectivity index (χ0n) is 4.82. The number of hydrogen-bond donors (Lipinski definition) is 2. The predicted molar refractivity (Wildman–Crippen MR) is 32.5 cm³/mol. The van der Waals surface area contributed by atoms with Crippen molar-refractivity contribution in [3.05, 3.63) is 0 Å². The molecule has 0 unspecified atom stereocenters. The van der Waals surface area contributed by atoms with Gasteiger partial charge in [0, 0.05) is 6.04 Å². The molecule has 0 aromatic heterocycles. The van der Waals surface area contributed by atoms with Crippen LogP contribution in [0, 0.1) is 5.92 Å². The van der Waals surface area contributed by atoms with Crippen molar-refractivity contribution in [1.29, 1.82) is 0 Å². The van der Waals surface area contributed by atoms with Crippen LogP contribution in [0.15, 0.2) is 0 Å². The van der Waals surface area contributed by atoms with Crippen molar-refractivity contribution in [2.24, 2.45) is 11.7 Å². The highest BCUT2D eigenvalue weighted by Crippen LogP contribution is 2.28. The molecular formula is C4H9NO3S. The third-order valence-corrected chi connectivity index (χ3v) is 2.25. The van der Waals surface area contributed by atoms with Gasteiger partial charge in [-0.1, -0.05) is 0 Å². The van der Waals surface area contributed by atoms with Crippen LogP contribution in [0.25, 0.3) is 0 Å². The number of nitrogens with two attached hydrogens (primary N) is 1. The Balaban J connectivity index is 2.37. The van der Waals surface area contributed by atoms with Crippen LogP contribution in [0.2, 0.25) is 0 Å². The van der Waals surface area contributed by atoms with Crippen LogP contribution >= 0.6 is 0 Å². The molecule has 1 rings (SSSR count). The van der Waals surface area contributed by atoms with Crippen molar-refractivity contribution in [2.75, 3.05) is 5.75 Å². The molecule has 2 atom stereocenters. The fourth-order valence-corrected chi connectivity index (χ4v) is 1.66. The van der Waals surface area contributed by atoms with Gasteiger partial charge in [0.15, 0.2) is 0 Å². The summed E-state index contributed by atoms with van der Waals surface area (Å²) in [6, 6.07) is -0.00748. The Hall–Kier alpha value is -0.130. The summed E-state index contributed by atoms with van der Waals surface area (Å²) in [5.41, 5.74) is 5.30. The molecule has 1 aliphatic rings. The molecule has 0 aromatic carbocycles. The maximum absolute atomic E-state index is 10.1. The molecule has 1 fully saturated rings. The van der Waals surface area contributed by atoms with E-state index in [1.165, 1.54) is 0 Å². The zero-order chi connectivity index (χ0) is 7.07. The summed E-state index contributed by atoms with van der Waals surface area (Å²) >= 11 is 0. The molecule has 0 aliphatic heterocycles. The second-order valence-electron chi connectivity index (χ2n) is 2.41. The molecule has 0 aromatic rings. The summed E-state index contributed by atoms with van der Waals surface area (Å²) < 4.78 is 28.5. The molecule has 54 valence electrons. The van der Waals surface area contributed by atoms with Crippen molar-refractivity contribution in [2.45, 2.75) is 12.5 Å². The molecule has 0 spiro atoms. The molecule has 0 saturated heterocycles. The van der Waals surface area contributed by atoms with Gasteiger partial charge in [0.25, 0.3) is 10.1 Å². The lowest BCUT2D eigenvalue weighted by Crippen LogP contribution is -2.11. The van der Waals surface area contributed by atoms with Crippen LogP contribution in [0.1, 0.15) is 6.42 Å². The second kappa shape index (κ2) is 1.93. The van der Waals surface area contributed by atoms with E-state index in [0.717, 1.165) is 6.42 Å². The first kappa shape index (κ1) is 6.98. The van der Waals surface area contributed by atoms with Gasteiger partial charge >= 0.3 is 0 Å². The second-order valence-corrected chi connectivity index (χ2v) is 3.91.